The molecule has 1 heterocycles. The zero-order valence-corrected chi connectivity index (χ0v) is 11.2. The fraction of sp³-hybridized carbons (Fsp3) is 0.750. The van der Waals surface area contributed by atoms with Gasteiger partial charge in [0.2, 0.25) is 0 Å². The van der Waals surface area contributed by atoms with Crippen LogP contribution in [0.2, 0.25) is 0 Å². The Morgan fingerprint density at radius 2 is 1.93 bits per heavy atom. The number of hydrogen-bond acceptors (Lipinski definition) is 3. The smallest absolute Gasteiger partial charge is 0.107 e. The molecule has 0 aromatic carbocycles. The molecular formula is C12H22N2S. The number of rotatable bonds is 5. The van der Waals surface area contributed by atoms with Gasteiger partial charge in [-0.05, 0) is 32.2 Å². The molecular weight excluding hydrogens is 204 g/mol. The van der Waals surface area contributed by atoms with Gasteiger partial charge in [0.15, 0.2) is 0 Å². The summed E-state index contributed by atoms with van der Waals surface area (Å²) in [5.41, 5.74) is 1.17. The normalized spacial score (nSPS) is 13.5. The molecule has 1 aromatic heterocycles. The first-order valence-electron chi connectivity index (χ1n) is 5.64. The van der Waals surface area contributed by atoms with Crippen LogP contribution in [-0.2, 0) is 6.54 Å². The van der Waals surface area contributed by atoms with Crippen molar-refractivity contribution in [3.05, 3.63) is 15.6 Å². The second-order valence-electron chi connectivity index (χ2n) is 4.60. The second kappa shape index (κ2) is 5.61. The van der Waals surface area contributed by atoms with E-state index in [1.54, 1.807) is 11.3 Å². The lowest BCUT2D eigenvalue weighted by molar-refractivity contribution is 0.392. The number of hydrogen-bond donors (Lipinski definition) is 1. The molecule has 0 spiro atoms. The van der Waals surface area contributed by atoms with Crippen LogP contribution in [0.4, 0.5) is 0 Å². The molecule has 1 aromatic rings. The van der Waals surface area contributed by atoms with Crippen molar-refractivity contribution in [1.29, 1.82) is 0 Å². The molecule has 86 valence electrons. The zero-order chi connectivity index (χ0) is 11.4. The predicted molar refractivity (Wildman–Crippen MR) is 67.3 cm³/mol. The van der Waals surface area contributed by atoms with Gasteiger partial charge in [-0.1, -0.05) is 20.8 Å². The van der Waals surface area contributed by atoms with E-state index in [1.165, 1.54) is 15.6 Å². The Morgan fingerprint density at radius 1 is 1.27 bits per heavy atom. The average molecular weight is 226 g/mol. The molecule has 0 aliphatic heterocycles. The molecule has 0 amide bonds. The number of nitrogens with zero attached hydrogens (tertiary/aromatic N) is 1. The van der Waals surface area contributed by atoms with E-state index in [1.807, 2.05) is 0 Å². The van der Waals surface area contributed by atoms with Crippen LogP contribution in [0.25, 0.3) is 0 Å². The van der Waals surface area contributed by atoms with E-state index < -0.39 is 0 Å². The Balaban J connectivity index is 2.32. The first kappa shape index (κ1) is 12.7. The molecule has 15 heavy (non-hydrogen) atoms. The lowest BCUT2D eigenvalue weighted by Gasteiger charge is -2.15. The Kier molecular flexibility index (Phi) is 4.74. The maximum absolute atomic E-state index is 4.51. The van der Waals surface area contributed by atoms with E-state index in [0.29, 0.717) is 0 Å². The summed E-state index contributed by atoms with van der Waals surface area (Å²) in [6.07, 6.45) is 0. The summed E-state index contributed by atoms with van der Waals surface area (Å²) >= 11 is 1.80. The molecule has 0 bridgehead atoms. The van der Waals surface area contributed by atoms with E-state index >= 15 is 0 Å². The van der Waals surface area contributed by atoms with Crippen LogP contribution < -0.4 is 5.32 Å². The van der Waals surface area contributed by atoms with Crippen molar-refractivity contribution in [2.24, 2.45) is 11.8 Å². The fourth-order valence-electron chi connectivity index (χ4n) is 1.26. The van der Waals surface area contributed by atoms with Crippen LogP contribution in [-0.4, -0.2) is 11.5 Å². The summed E-state index contributed by atoms with van der Waals surface area (Å²) in [6, 6.07) is 0. The fourth-order valence-corrected chi connectivity index (χ4v) is 2.16. The van der Waals surface area contributed by atoms with Crippen LogP contribution >= 0.6 is 11.3 Å². The minimum Gasteiger partial charge on any atom is -0.310 e. The first-order valence-corrected chi connectivity index (χ1v) is 6.46. The molecule has 0 fully saturated rings. The van der Waals surface area contributed by atoms with E-state index in [9.17, 15) is 0 Å². The molecule has 1 N–H and O–H groups in total. The van der Waals surface area contributed by atoms with Crippen molar-refractivity contribution in [3.63, 3.8) is 0 Å². The van der Waals surface area contributed by atoms with Crippen molar-refractivity contribution in [3.8, 4) is 0 Å². The van der Waals surface area contributed by atoms with Crippen LogP contribution in [0, 0.1) is 25.7 Å². The summed E-state index contributed by atoms with van der Waals surface area (Å²) < 4.78 is 0. The zero-order valence-electron chi connectivity index (χ0n) is 10.4. The summed E-state index contributed by atoms with van der Waals surface area (Å²) in [5.74, 6) is 1.48. The molecule has 1 atom stereocenters. The molecule has 3 heteroatoms. The summed E-state index contributed by atoms with van der Waals surface area (Å²) in [7, 11) is 0. The van der Waals surface area contributed by atoms with Gasteiger partial charge in [-0.3, -0.25) is 0 Å². The van der Waals surface area contributed by atoms with Gasteiger partial charge in [0, 0.05) is 11.4 Å². The molecule has 0 saturated heterocycles. The van der Waals surface area contributed by atoms with Gasteiger partial charge in [0.1, 0.15) is 5.01 Å². The van der Waals surface area contributed by atoms with E-state index in [4.69, 9.17) is 0 Å². The minimum absolute atomic E-state index is 0.729. The van der Waals surface area contributed by atoms with Crippen LogP contribution in [0.3, 0.4) is 0 Å². The Labute approximate surface area is 97.1 Å². The van der Waals surface area contributed by atoms with Gasteiger partial charge < -0.3 is 5.32 Å². The number of aromatic nitrogens is 1. The highest BCUT2D eigenvalue weighted by Crippen LogP contribution is 2.16. The molecule has 1 unspecified atom stereocenters. The van der Waals surface area contributed by atoms with Gasteiger partial charge in [0.05, 0.1) is 5.69 Å². The molecule has 0 radical (unpaired) electrons. The molecule has 0 aliphatic rings. The van der Waals surface area contributed by atoms with Crippen LogP contribution in [0.1, 0.15) is 36.3 Å². The second-order valence-corrected chi connectivity index (χ2v) is 5.89. The van der Waals surface area contributed by atoms with Gasteiger partial charge in [-0.2, -0.15) is 0 Å². The van der Waals surface area contributed by atoms with E-state index in [-0.39, 0.29) is 0 Å². The van der Waals surface area contributed by atoms with Crippen molar-refractivity contribution in [2.45, 2.75) is 41.2 Å². The predicted octanol–water partition coefficient (Wildman–Crippen LogP) is 3.14. The lowest BCUT2D eigenvalue weighted by Crippen LogP contribution is -2.23. The molecule has 0 saturated carbocycles. The van der Waals surface area contributed by atoms with Crippen molar-refractivity contribution < 1.29 is 0 Å². The minimum atomic E-state index is 0.729. The van der Waals surface area contributed by atoms with Crippen LogP contribution in [0.5, 0.6) is 0 Å². The van der Waals surface area contributed by atoms with Crippen LogP contribution in [0.15, 0.2) is 0 Å². The Hall–Kier alpha value is -0.410. The topological polar surface area (TPSA) is 24.9 Å². The van der Waals surface area contributed by atoms with Crippen molar-refractivity contribution in [1.82, 2.24) is 10.3 Å². The average Bonchev–Trinajstić information content (AvgIpc) is 2.46. The summed E-state index contributed by atoms with van der Waals surface area (Å²) in [6.45, 7) is 13.0. The lowest BCUT2D eigenvalue weighted by atomic mass is 9.98. The van der Waals surface area contributed by atoms with E-state index in [2.05, 4.69) is 44.9 Å². The maximum Gasteiger partial charge on any atom is 0.107 e. The van der Waals surface area contributed by atoms with Crippen molar-refractivity contribution in [2.75, 3.05) is 6.54 Å². The molecule has 0 aliphatic carbocycles. The van der Waals surface area contributed by atoms with Gasteiger partial charge in [-0.15, -0.1) is 11.3 Å². The standard InChI is InChI=1S/C12H22N2S/c1-8(2)9(3)6-13-7-12-14-10(4)11(5)15-12/h8-9,13H,6-7H2,1-5H3. The quantitative estimate of drug-likeness (QED) is 0.834. The SMILES string of the molecule is Cc1nc(CNCC(C)C(C)C)sc1C. The molecule has 2 nitrogen and oxygen atoms in total. The van der Waals surface area contributed by atoms with E-state index in [0.717, 1.165) is 24.9 Å². The maximum atomic E-state index is 4.51. The van der Waals surface area contributed by atoms with Gasteiger partial charge in [-0.25, -0.2) is 4.98 Å². The number of aryl methyl sites for hydroxylation is 2. The highest BCUT2D eigenvalue weighted by atomic mass is 32.1. The number of nitrogens with one attached hydrogen (secondary N) is 1. The largest absolute Gasteiger partial charge is 0.310 e. The highest BCUT2D eigenvalue weighted by Gasteiger charge is 2.07. The highest BCUT2D eigenvalue weighted by molar-refractivity contribution is 7.11. The van der Waals surface area contributed by atoms with Crippen molar-refractivity contribution >= 4 is 11.3 Å². The summed E-state index contributed by atoms with van der Waals surface area (Å²) in [4.78, 5) is 5.84. The van der Waals surface area contributed by atoms with Gasteiger partial charge >= 0.3 is 0 Å². The third-order valence-electron chi connectivity index (χ3n) is 2.95. The summed E-state index contributed by atoms with van der Waals surface area (Å²) in [5, 5.41) is 4.68. The third kappa shape index (κ3) is 3.92. The van der Waals surface area contributed by atoms with Gasteiger partial charge in [0.25, 0.3) is 0 Å². The molecule has 1 rings (SSSR count). The Bertz CT molecular complexity index is 285. The Morgan fingerprint density at radius 3 is 2.40 bits per heavy atom. The first-order chi connectivity index (χ1) is 7.00. The third-order valence-corrected chi connectivity index (χ3v) is 4.03. The number of thiazole rings is 1. The monoisotopic (exact) mass is 226 g/mol.